The molecule has 1 N–H and O–H groups in total. The zero-order valence-corrected chi connectivity index (χ0v) is 12.5. The summed E-state index contributed by atoms with van der Waals surface area (Å²) in [7, 11) is 1.87. The van der Waals surface area contributed by atoms with Crippen LogP contribution < -0.4 is 5.32 Å². The second-order valence-electron chi connectivity index (χ2n) is 4.49. The van der Waals surface area contributed by atoms with E-state index in [0.29, 0.717) is 12.6 Å². The lowest BCUT2D eigenvalue weighted by Crippen LogP contribution is -2.36. The van der Waals surface area contributed by atoms with Gasteiger partial charge in [-0.3, -0.25) is 4.68 Å². The van der Waals surface area contributed by atoms with Crippen molar-refractivity contribution < 1.29 is 4.74 Å². The predicted octanol–water partition coefficient (Wildman–Crippen LogP) is 2.33. The molecule has 1 heterocycles. The van der Waals surface area contributed by atoms with Crippen molar-refractivity contribution in [2.24, 2.45) is 7.05 Å². The summed E-state index contributed by atoms with van der Waals surface area (Å²) < 4.78 is 7.24. The van der Waals surface area contributed by atoms with Crippen LogP contribution in [0.1, 0.15) is 31.5 Å². The van der Waals surface area contributed by atoms with E-state index < -0.39 is 0 Å². The molecule has 1 aromatic heterocycles. The van der Waals surface area contributed by atoms with E-state index in [0.717, 1.165) is 42.4 Å². The quantitative estimate of drug-likeness (QED) is 0.790. The molecule has 5 heteroatoms. The topological polar surface area (TPSA) is 39.1 Å². The van der Waals surface area contributed by atoms with E-state index in [1.165, 1.54) is 0 Å². The van der Waals surface area contributed by atoms with Gasteiger partial charge in [0.2, 0.25) is 0 Å². The third-order valence-corrected chi connectivity index (χ3v) is 3.40. The van der Waals surface area contributed by atoms with Crippen molar-refractivity contribution in [3.8, 4) is 0 Å². The van der Waals surface area contributed by atoms with E-state index in [1.807, 2.05) is 20.9 Å². The summed E-state index contributed by atoms with van der Waals surface area (Å²) in [4.78, 5) is 0. The van der Waals surface area contributed by atoms with Gasteiger partial charge in [-0.05, 0) is 33.2 Å². The van der Waals surface area contributed by atoms with Crippen LogP contribution in [0.5, 0.6) is 0 Å². The average Bonchev–Trinajstić information content (AvgIpc) is 2.58. The Bertz CT molecular complexity index is 357. The summed E-state index contributed by atoms with van der Waals surface area (Å²) in [6.45, 7) is 8.62. The first-order valence-electron chi connectivity index (χ1n) is 6.59. The summed E-state index contributed by atoms with van der Waals surface area (Å²) in [5.74, 6) is 0. The van der Waals surface area contributed by atoms with E-state index in [1.54, 1.807) is 4.68 Å². The number of halogens is 1. The number of hydrogen-bond donors (Lipinski definition) is 1. The van der Waals surface area contributed by atoms with Gasteiger partial charge in [0.15, 0.2) is 0 Å². The van der Waals surface area contributed by atoms with Gasteiger partial charge in [0.25, 0.3) is 0 Å². The zero-order chi connectivity index (χ0) is 13.5. The summed E-state index contributed by atoms with van der Waals surface area (Å²) in [6.07, 6.45) is 1.97. The molecule has 0 bridgehead atoms. The van der Waals surface area contributed by atoms with Crippen molar-refractivity contribution >= 4 is 11.6 Å². The molecule has 0 aliphatic rings. The molecule has 0 aliphatic carbocycles. The number of hydrogen-bond acceptors (Lipinski definition) is 3. The molecule has 104 valence electrons. The molecule has 1 aromatic rings. The van der Waals surface area contributed by atoms with Crippen LogP contribution >= 0.6 is 11.6 Å². The highest BCUT2D eigenvalue weighted by Crippen LogP contribution is 2.20. The lowest BCUT2D eigenvalue weighted by molar-refractivity contribution is 0.122. The number of nitrogens with zero attached hydrogens (tertiary/aromatic N) is 2. The summed E-state index contributed by atoms with van der Waals surface area (Å²) >= 11 is 6.26. The van der Waals surface area contributed by atoms with Gasteiger partial charge in [0.05, 0.1) is 12.3 Å². The number of aromatic nitrogens is 2. The molecule has 1 unspecified atom stereocenters. The first-order valence-corrected chi connectivity index (χ1v) is 6.97. The van der Waals surface area contributed by atoms with Crippen LogP contribution in [0.3, 0.4) is 0 Å². The summed E-state index contributed by atoms with van der Waals surface area (Å²) in [6, 6.07) is 0.297. The van der Waals surface area contributed by atoms with E-state index in [9.17, 15) is 0 Å². The number of aryl methyl sites for hydroxylation is 2. The van der Waals surface area contributed by atoms with Gasteiger partial charge in [0.1, 0.15) is 5.15 Å². The Morgan fingerprint density at radius 2 is 2.17 bits per heavy atom. The van der Waals surface area contributed by atoms with Gasteiger partial charge < -0.3 is 10.1 Å². The molecule has 0 aromatic carbocycles. The highest BCUT2D eigenvalue weighted by atomic mass is 35.5. The maximum absolute atomic E-state index is 6.26. The van der Waals surface area contributed by atoms with Crippen LogP contribution in [0, 0.1) is 6.92 Å². The van der Waals surface area contributed by atoms with Crippen molar-refractivity contribution in [1.82, 2.24) is 15.1 Å². The molecule has 0 spiro atoms. The zero-order valence-electron chi connectivity index (χ0n) is 11.8. The predicted molar refractivity (Wildman–Crippen MR) is 75.2 cm³/mol. The van der Waals surface area contributed by atoms with Crippen LogP contribution in [0.15, 0.2) is 0 Å². The molecular weight excluding hydrogens is 250 g/mol. The van der Waals surface area contributed by atoms with Crippen molar-refractivity contribution in [3.05, 3.63) is 16.4 Å². The maximum Gasteiger partial charge on any atom is 0.130 e. The lowest BCUT2D eigenvalue weighted by Gasteiger charge is -2.18. The van der Waals surface area contributed by atoms with E-state index in [4.69, 9.17) is 16.3 Å². The second-order valence-corrected chi connectivity index (χ2v) is 4.85. The summed E-state index contributed by atoms with van der Waals surface area (Å²) in [5, 5.41) is 8.57. The van der Waals surface area contributed by atoms with Gasteiger partial charge in [-0.15, -0.1) is 0 Å². The second kappa shape index (κ2) is 7.77. The van der Waals surface area contributed by atoms with E-state index in [-0.39, 0.29) is 0 Å². The number of nitrogens with one attached hydrogen (secondary N) is 1. The maximum atomic E-state index is 6.26. The lowest BCUT2D eigenvalue weighted by atomic mass is 10.1. The van der Waals surface area contributed by atoms with Crippen LogP contribution in [-0.4, -0.2) is 35.6 Å². The SMILES string of the molecule is CCCNC(COCC)Cc1c(C)nn(C)c1Cl. The molecule has 0 saturated heterocycles. The van der Waals surface area contributed by atoms with Crippen LogP contribution in [0.2, 0.25) is 5.15 Å². The summed E-state index contributed by atoms with van der Waals surface area (Å²) in [5.41, 5.74) is 2.12. The van der Waals surface area contributed by atoms with E-state index >= 15 is 0 Å². The Labute approximate surface area is 115 Å². The van der Waals surface area contributed by atoms with Crippen molar-refractivity contribution in [2.75, 3.05) is 19.8 Å². The number of ether oxygens (including phenoxy) is 1. The minimum atomic E-state index is 0.297. The van der Waals surface area contributed by atoms with Crippen LogP contribution in [0.25, 0.3) is 0 Å². The van der Waals surface area contributed by atoms with Crippen molar-refractivity contribution in [1.29, 1.82) is 0 Å². The molecule has 0 saturated carbocycles. The first kappa shape index (κ1) is 15.5. The normalized spacial score (nSPS) is 12.9. The van der Waals surface area contributed by atoms with Crippen molar-refractivity contribution in [2.45, 2.75) is 39.7 Å². The fourth-order valence-corrected chi connectivity index (χ4v) is 2.20. The fraction of sp³-hybridized carbons (Fsp3) is 0.769. The monoisotopic (exact) mass is 273 g/mol. The molecule has 1 rings (SSSR count). The average molecular weight is 274 g/mol. The van der Waals surface area contributed by atoms with Gasteiger partial charge in [-0.1, -0.05) is 18.5 Å². The Morgan fingerprint density at radius 3 is 2.67 bits per heavy atom. The molecular formula is C13H24ClN3O. The Hall–Kier alpha value is -0.580. The third-order valence-electron chi connectivity index (χ3n) is 2.93. The van der Waals surface area contributed by atoms with Crippen LogP contribution in [-0.2, 0) is 18.2 Å². The van der Waals surface area contributed by atoms with E-state index in [2.05, 4.69) is 17.3 Å². The number of rotatable bonds is 8. The molecule has 18 heavy (non-hydrogen) atoms. The molecule has 0 fully saturated rings. The third kappa shape index (κ3) is 4.26. The highest BCUT2D eigenvalue weighted by Gasteiger charge is 2.16. The van der Waals surface area contributed by atoms with Gasteiger partial charge >= 0.3 is 0 Å². The molecule has 0 radical (unpaired) electrons. The Balaban J connectivity index is 2.68. The van der Waals surface area contributed by atoms with Crippen molar-refractivity contribution in [3.63, 3.8) is 0 Å². The standard InChI is InChI=1S/C13H24ClN3O/c1-5-7-15-11(9-18-6-2)8-12-10(3)16-17(4)13(12)14/h11,15H,5-9H2,1-4H3. The van der Waals surface area contributed by atoms with Gasteiger partial charge in [-0.25, -0.2) is 0 Å². The molecule has 1 atom stereocenters. The molecule has 0 aliphatic heterocycles. The fourth-order valence-electron chi connectivity index (χ4n) is 1.95. The first-order chi connectivity index (χ1) is 8.60. The Morgan fingerprint density at radius 1 is 1.44 bits per heavy atom. The minimum absolute atomic E-state index is 0.297. The molecule has 4 nitrogen and oxygen atoms in total. The highest BCUT2D eigenvalue weighted by molar-refractivity contribution is 6.30. The largest absolute Gasteiger partial charge is 0.380 e. The van der Waals surface area contributed by atoms with Gasteiger partial charge in [0, 0.05) is 25.3 Å². The Kier molecular flexibility index (Phi) is 6.68. The smallest absolute Gasteiger partial charge is 0.130 e. The molecule has 0 amide bonds. The minimum Gasteiger partial charge on any atom is -0.380 e. The van der Waals surface area contributed by atoms with Gasteiger partial charge in [-0.2, -0.15) is 5.10 Å². The van der Waals surface area contributed by atoms with Crippen LogP contribution in [0.4, 0.5) is 0 Å².